The molecular formula is C23H23NO3S. The van der Waals surface area contributed by atoms with Crippen molar-refractivity contribution in [2.75, 3.05) is 11.4 Å². The quantitative estimate of drug-likeness (QED) is 0.523. The van der Waals surface area contributed by atoms with E-state index in [9.17, 15) is 8.42 Å². The summed E-state index contributed by atoms with van der Waals surface area (Å²) in [6, 6.07) is 22.8. The fraction of sp³-hybridized carbons (Fsp3) is 0.130. The van der Waals surface area contributed by atoms with Crippen LogP contribution in [0.5, 0.6) is 5.75 Å². The topological polar surface area (TPSA) is 46.6 Å². The first kappa shape index (κ1) is 19.7. The SMILES string of the molecule is C=CC(c1ccccc1)N(c1ccc(C)cc1)S(=O)(=O)c1ccc(OC)cc1. The van der Waals surface area contributed by atoms with Gasteiger partial charge < -0.3 is 4.74 Å². The Morgan fingerprint density at radius 3 is 2.07 bits per heavy atom. The molecule has 3 aromatic carbocycles. The molecular weight excluding hydrogens is 370 g/mol. The fourth-order valence-corrected chi connectivity index (χ4v) is 4.63. The molecule has 1 unspecified atom stereocenters. The van der Waals surface area contributed by atoms with E-state index >= 15 is 0 Å². The van der Waals surface area contributed by atoms with Crippen LogP contribution in [0.15, 0.2) is 96.4 Å². The zero-order valence-electron chi connectivity index (χ0n) is 15.9. The van der Waals surface area contributed by atoms with Gasteiger partial charge in [-0.25, -0.2) is 8.42 Å². The Balaban J connectivity index is 2.17. The van der Waals surface area contributed by atoms with Crippen molar-refractivity contribution >= 4 is 15.7 Å². The van der Waals surface area contributed by atoms with Gasteiger partial charge >= 0.3 is 0 Å². The van der Waals surface area contributed by atoms with E-state index in [0.29, 0.717) is 11.4 Å². The molecule has 0 saturated heterocycles. The first-order chi connectivity index (χ1) is 13.5. The van der Waals surface area contributed by atoms with E-state index in [1.165, 1.54) is 4.31 Å². The normalized spacial score (nSPS) is 12.2. The van der Waals surface area contributed by atoms with Crippen molar-refractivity contribution in [3.63, 3.8) is 0 Å². The zero-order chi connectivity index (χ0) is 20.1. The molecule has 0 spiro atoms. The van der Waals surface area contributed by atoms with Crippen LogP contribution in [0.1, 0.15) is 17.2 Å². The largest absolute Gasteiger partial charge is 0.497 e. The molecule has 0 saturated carbocycles. The molecule has 0 fully saturated rings. The first-order valence-corrected chi connectivity index (χ1v) is 10.3. The zero-order valence-corrected chi connectivity index (χ0v) is 16.8. The Labute approximate surface area is 166 Å². The van der Waals surface area contributed by atoms with E-state index < -0.39 is 16.1 Å². The lowest BCUT2D eigenvalue weighted by atomic mass is 10.1. The number of rotatable bonds is 7. The molecule has 0 heterocycles. The molecule has 0 aliphatic carbocycles. The number of aryl methyl sites for hydroxylation is 1. The van der Waals surface area contributed by atoms with Gasteiger partial charge in [0.15, 0.2) is 0 Å². The number of nitrogens with zero attached hydrogens (tertiary/aromatic N) is 1. The summed E-state index contributed by atoms with van der Waals surface area (Å²) in [5, 5.41) is 0. The van der Waals surface area contributed by atoms with Crippen LogP contribution < -0.4 is 9.04 Å². The van der Waals surface area contributed by atoms with Gasteiger partial charge in [0.2, 0.25) is 0 Å². The molecule has 4 nitrogen and oxygen atoms in total. The average molecular weight is 394 g/mol. The number of hydrogen-bond donors (Lipinski definition) is 0. The predicted molar refractivity (Wildman–Crippen MR) is 113 cm³/mol. The molecule has 0 aliphatic heterocycles. The average Bonchev–Trinajstić information content (AvgIpc) is 2.73. The highest BCUT2D eigenvalue weighted by Crippen LogP contribution is 2.34. The van der Waals surface area contributed by atoms with E-state index in [4.69, 9.17) is 4.74 Å². The van der Waals surface area contributed by atoms with Gasteiger partial charge in [-0.1, -0.05) is 54.1 Å². The number of methoxy groups -OCH3 is 1. The van der Waals surface area contributed by atoms with Crippen LogP contribution in [0.3, 0.4) is 0 Å². The number of sulfonamides is 1. The number of hydrogen-bond acceptors (Lipinski definition) is 3. The van der Waals surface area contributed by atoms with Gasteiger partial charge in [0.25, 0.3) is 10.0 Å². The maximum atomic E-state index is 13.6. The number of benzene rings is 3. The van der Waals surface area contributed by atoms with Crippen molar-refractivity contribution in [2.45, 2.75) is 17.9 Å². The second kappa shape index (κ2) is 8.31. The second-order valence-corrected chi connectivity index (χ2v) is 8.22. The Kier molecular flexibility index (Phi) is 5.85. The predicted octanol–water partition coefficient (Wildman–Crippen LogP) is 5.13. The highest BCUT2D eigenvalue weighted by Gasteiger charge is 2.31. The van der Waals surface area contributed by atoms with Crippen LogP contribution in [0.4, 0.5) is 5.69 Å². The molecule has 0 bridgehead atoms. The molecule has 0 N–H and O–H groups in total. The Morgan fingerprint density at radius 2 is 1.54 bits per heavy atom. The van der Waals surface area contributed by atoms with E-state index in [2.05, 4.69) is 6.58 Å². The lowest BCUT2D eigenvalue weighted by Gasteiger charge is -2.31. The maximum absolute atomic E-state index is 13.6. The molecule has 1 atom stereocenters. The molecule has 144 valence electrons. The molecule has 0 amide bonds. The molecule has 5 heteroatoms. The Morgan fingerprint density at radius 1 is 0.929 bits per heavy atom. The van der Waals surface area contributed by atoms with E-state index in [1.54, 1.807) is 37.5 Å². The Hall–Kier alpha value is -3.05. The molecule has 28 heavy (non-hydrogen) atoms. The van der Waals surface area contributed by atoms with E-state index in [1.807, 2.05) is 61.5 Å². The standard InChI is InChI=1S/C23H23NO3S/c1-4-23(19-8-6-5-7-9-19)24(20-12-10-18(2)11-13-20)28(25,26)22-16-14-21(27-3)15-17-22/h4-17,23H,1H2,2-3H3. The van der Waals surface area contributed by atoms with Crippen molar-refractivity contribution in [3.05, 3.63) is 103 Å². The van der Waals surface area contributed by atoms with Crippen molar-refractivity contribution in [1.29, 1.82) is 0 Å². The summed E-state index contributed by atoms with van der Waals surface area (Å²) in [7, 11) is -2.30. The summed E-state index contributed by atoms with van der Waals surface area (Å²) in [5.41, 5.74) is 2.48. The van der Waals surface area contributed by atoms with Crippen LogP contribution in [0.25, 0.3) is 0 Å². The molecule has 3 aromatic rings. The lowest BCUT2D eigenvalue weighted by molar-refractivity contribution is 0.414. The minimum Gasteiger partial charge on any atom is -0.497 e. The van der Waals surface area contributed by atoms with Gasteiger partial charge in [-0.3, -0.25) is 4.31 Å². The number of ether oxygens (including phenoxy) is 1. The first-order valence-electron chi connectivity index (χ1n) is 8.90. The van der Waals surface area contributed by atoms with Crippen LogP contribution in [-0.2, 0) is 10.0 Å². The summed E-state index contributed by atoms with van der Waals surface area (Å²) >= 11 is 0. The molecule has 0 radical (unpaired) electrons. The molecule has 0 aromatic heterocycles. The van der Waals surface area contributed by atoms with Crippen LogP contribution in [0, 0.1) is 6.92 Å². The molecule has 0 aliphatic rings. The van der Waals surface area contributed by atoms with Crippen molar-refractivity contribution in [3.8, 4) is 5.75 Å². The highest BCUT2D eigenvalue weighted by molar-refractivity contribution is 7.92. The van der Waals surface area contributed by atoms with Gasteiger partial charge in [0.05, 0.1) is 23.7 Å². The van der Waals surface area contributed by atoms with Crippen LogP contribution in [-0.4, -0.2) is 15.5 Å². The maximum Gasteiger partial charge on any atom is 0.265 e. The van der Waals surface area contributed by atoms with E-state index in [-0.39, 0.29) is 4.90 Å². The second-order valence-electron chi connectivity index (χ2n) is 6.40. The summed E-state index contributed by atoms with van der Waals surface area (Å²) < 4.78 is 33.8. The fourth-order valence-electron chi connectivity index (χ4n) is 3.02. The smallest absolute Gasteiger partial charge is 0.265 e. The van der Waals surface area contributed by atoms with Crippen molar-refractivity contribution in [2.24, 2.45) is 0 Å². The number of anilines is 1. The minimum absolute atomic E-state index is 0.191. The van der Waals surface area contributed by atoms with Crippen molar-refractivity contribution < 1.29 is 13.2 Å². The summed E-state index contributed by atoms with van der Waals surface area (Å²) in [6.45, 7) is 5.88. The van der Waals surface area contributed by atoms with Crippen LogP contribution in [0.2, 0.25) is 0 Å². The van der Waals surface area contributed by atoms with Gasteiger partial charge in [-0.05, 0) is 48.9 Å². The highest BCUT2D eigenvalue weighted by atomic mass is 32.2. The lowest BCUT2D eigenvalue weighted by Crippen LogP contribution is -2.34. The molecule has 3 rings (SSSR count). The third kappa shape index (κ3) is 3.94. The van der Waals surface area contributed by atoms with Crippen LogP contribution >= 0.6 is 0 Å². The van der Waals surface area contributed by atoms with Gasteiger partial charge in [-0.15, -0.1) is 6.58 Å². The summed E-state index contributed by atoms with van der Waals surface area (Å²) in [4.78, 5) is 0.191. The van der Waals surface area contributed by atoms with Gasteiger partial charge in [-0.2, -0.15) is 0 Å². The Bertz CT molecular complexity index is 1030. The summed E-state index contributed by atoms with van der Waals surface area (Å²) in [5.74, 6) is 0.601. The van der Waals surface area contributed by atoms with E-state index in [0.717, 1.165) is 11.1 Å². The van der Waals surface area contributed by atoms with Crippen molar-refractivity contribution in [1.82, 2.24) is 0 Å². The monoisotopic (exact) mass is 393 g/mol. The third-order valence-electron chi connectivity index (χ3n) is 4.52. The van der Waals surface area contributed by atoms with Gasteiger partial charge in [0.1, 0.15) is 5.75 Å². The minimum atomic E-state index is -3.84. The third-order valence-corrected chi connectivity index (χ3v) is 6.35. The van der Waals surface area contributed by atoms with Gasteiger partial charge in [0, 0.05) is 0 Å². The summed E-state index contributed by atoms with van der Waals surface area (Å²) in [6.07, 6.45) is 1.65.